The van der Waals surface area contributed by atoms with Gasteiger partial charge in [-0.05, 0) is 88.0 Å². The maximum atomic E-state index is 13.0. The maximum Gasteiger partial charge on any atom is 0.326 e. The number of benzene rings is 1. The van der Waals surface area contributed by atoms with Gasteiger partial charge in [-0.15, -0.1) is 11.8 Å². The van der Waals surface area contributed by atoms with Crippen LogP contribution in [0, 0.1) is 19.8 Å². The molecule has 1 fully saturated rings. The van der Waals surface area contributed by atoms with Crippen LogP contribution in [0.4, 0.5) is 16.2 Å². The summed E-state index contributed by atoms with van der Waals surface area (Å²) in [5, 5.41) is 6.88. The van der Waals surface area contributed by atoms with Crippen molar-refractivity contribution in [3.8, 4) is 0 Å². The Morgan fingerprint density at radius 3 is 2.74 bits per heavy atom. The summed E-state index contributed by atoms with van der Waals surface area (Å²) in [5.74, 6) is 1.51. The number of hydrogen-bond donors (Lipinski definition) is 2. The number of thioether (sulfide) groups is 1. The molecule has 8 heteroatoms. The molecule has 2 aliphatic heterocycles. The van der Waals surface area contributed by atoms with E-state index in [0.717, 1.165) is 46.6 Å². The average molecular weight is 482 g/mol. The molecule has 0 saturated carbocycles. The lowest BCUT2D eigenvalue weighted by Crippen LogP contribution is -2.39. The van der Waals surface area contributed by atoms with Crippen molar-refractivity contribution in [2.75, 3.05) is 48.7 Å². The van der Waals surface area contributed by atoms with Crippen LogP contribution in [0.3, 0.4) is 0 Å². The van der Waals surface area contributed by atoms with E-state index in [1.54, 1.807) is 40.9 Å². The molecule has 4 rings (SSSR count). The average Bonchev–Trinajstić information content (AvgIpc) is 2.81. The summed E-state index contributed by atoms with van der Waals surface area (Å²) < 4.78 is 0. The van der Waals surface area contributed by atoms with E-state index in [4.69, 9.17) is 0 Å². The third-order valence-corrected chi connectivity index (χ3v) is 7.37. The predicted molar refractivity (Wildman–Crippen MR) is 139 cm³/mol. The molecular formula is C26H35N5O2S. The molecule has 1 saturated heterocycles. The number of carbonyl (C=O) groups is 2. The minimum absolute atomic E-state index is 0.0797. The first-order valence-electron chi connectivity index (χ1n) is 12.2. The lowest BCUT2D eigenvalue weighted by Gasteiger charge is -2.30. The quantitative estimate of drug-likeness (QED) is 0.585. The Kier molecular flexibility index (Phi) is 8.11. The third kappa shape index (κ3) is 6.10. The first kappa shape index (κ1) is 24.5. The van der Waals surface area contributed by atoms with E-state index in [1.807, 2.05) is 19.9 Å². The van der Waals surface area contributed by atoms with Crippen LogP contribution in [0.1, 0.15) is 47.8 Å². The number of aromatic nitrogens is 1. The summed E-state index contributed by atoms with van der Waals surface area (Å²) in [6, 6.07) is 8.90. The number of pyridine rings is 1. The van der Waals surface area contributed by atoms with Crippen LogP contribution in [0.2, 0.25) is 0 Å². The van der Waals surface area contributed by atoms with Crippen molar-refractivity contribution in [2.24, 2.45) is 5.92 Å². The van der Waals surface area contributed by atoms with Gasteiger partial charge < -0.3 is 15.5 Å². The highest BCUT2D eigenvalue weighted by Gasteiger charge is 2.26. The molecule has 3 amide bonds. The normalized spacial score (nSPS) is 18.3. The van der Waals surface area contributed by atoms with Crippen molar-refractivity contribution in [3.05, 3.63) is 47.2 Å². The van der Waals surface area contributed by atoms with Gasteiger partial charge in [-0.3, -0.25) is 9.69 Å². The van der Waals surface area contributed by atoms with E-state index in [-0.39, 0.29) is 11.9 Å². The van der Waals surface area contributed by atoms with Crippen molar-refractivity contribution in [1.29, 1.82) is 0 Å². The summed E-state index contributed by atoms with van der Waals surface area (Å²) >= 11 is 1.69. The number of piperidine rings is 1. The molecule has 7 nitrogen and oxygen atoms in total. The van der Waals surface area contributed by atoms with Crippen molar-refractivity contribution >= 4 is 35.1 Å². The van der Waals surface area contributed by atoms with Crippen LogP contribution in [0.25, 0.3) is 0 Å². The highest BCUT2D eigenvalue weighted by molar-refractivity contribution is 7.99. The molecule has 2 N–H and O–H groups in total. The second kappa shape index (κ2) is 11.2. The molecule has 1 aromatic heterocycles. The third-order valence-electron chi connectivity index (χ3n) is 6.42. The van der Waals surface area contributed by atoms with E-state index in [1.165, 1.54) is 25.9 Å². The van der Waals surface area contributed by atoms with Crippen molar-refractivity contribution in [1.82, 2.24) is 15.2 Å². The molecule has 0 bridgehead atoms. The molecule has 182 valence electrons. The minimum Gasteiger partial charge on any atom is -0.352 e. The van der Waals surface area contributed by atoms with Gasteiger partial charge in [0.15, 0.2) is 0 Å². The summed E-state index contributed by atoms with van der Waals surface area (Å²) in [6.45, 7) is 11.0. The predicted octanol–water partition coefficient (Wildman–Crippen LogP) is 4.69. The Morgan fingerprint density at radius 2 is 1.97 bits per heavy atom. The van der Waals surface area contributed by atoms with E-state index < -0.39 is 0 Å². The Balaban J connectivity index is 1.28. The van der Waals surface area contributed by atoms with E-state index >= 15 is 0 Å². The number of likely N-dealkylation sites (tertiary alicyclic amines) is 1. The van der Waals surface area contributed by atoms with Crippen LogP contribution in [-0.4, -0.2) is 60.3 Å². The maximum absolute atomic E-state index is 13.0. The lowest BCUT2D eigenvalue weighted by atomic mass is 10.0. The standard InChI is InChI=1S/C26H35N5O2S/c1-18-6-4-12-30(17-18)13-5-11-27-24(32)21-7-9-22(10-8-21)29-26(33)31-14-15-34-25-23(31)19(2)16-20(3)28-25/h7-10,16,18H,4-6,11-15,17H2,1-3H3,(H,27,32)(H,29,33). The Hall–Kier alpha value is -2.58. The number of urea groups is 1. The number of aryl methyl sites for hydroxylation is 2. The molecule has 0 aliphatic carbocycles. The number of hydrogen-bond acceptors (Lipinski definition) is 5. The van der Waals surface area contributed by atoms with Gasteiger partial charge in [0.25, 0.3) is 5.91 Å². The van der Waals surface area contributed by atoms with Crippen LogP contribution in [-0.2, 0) is 0 Å². The van der Waals surface area contributed by atoms with Gasteiger partial charge in [0.05, 0.1) is 5.69 Å². The number of carbonyl (C=O) groups excluding carboxylic acids is 2. The number of fused-ring (bicyclic) bond motifs is 1. The van der Waals surface area contributed by atoms with Crippen LogP contribution < -0.4 is 15.5 Å². The lowest BCUT2D eigenvalue weighted by molar-refractivity contribution is 0.0950. The molecule has 1 atom stereocenters. The topological polar surface area (TPSA) is 77.6 Å². The molecule has 0 radical (unpaired) electrons. The molecule has 1 unspecified atom stereocenters. The van der Waals surface area contributed by atoms with E-state index in [0.29, 0.717) is 24.3 Å². The van der Waals surface area contributed by atoms with E-state index in [9.17, 15) is 9.59 Å². The number of amides is 3. The zero-order chi connectivity index (χ0) is 24.1. The van der Waals surface area contributed by atoms with Gasteiger partial charge in [-0.2, -0.15) is 0 Å². The van der Waals surface area contributed by atoms with Crippen LogP contribution in [0.5, 0.6) is 0 Å². The largest absolute Gasteiger partial charge is 0.352 e. The minimum atomic E-state index is -0.181. The van der Waals surface area contributed by atoms with Gasteiger partial charge >= 0.3 is 6.03 Å². The Bertz CT molecular complexity index is 1030. The van der Waals surface area contributed by atoms with Gasteiger partial charge in [-0.25, -0.2) is 9.78 Å². The fourth-order valence-electron chi connectivity index (χ4n) is 4.77. The van der Waals surface area contributed by atoms with Crippen molar-refractivity contribution in [3.63, 3.8) is 0 Å². The Labute approximate surface area is 206 Å². The van der Waals surface area contributed by atoms with Crippen molar-refractivity contribution in [2.45, 2.75) is 45.1 Å². The summed E-state index contributed by atoms with van der Waals surface area (Å²) in [6.07, 6.45) is 3.55. The van der Waals surface area contributed by atoms with Gasteiger partial charge in [-0.1, -0.05) is 6.92 Å². The fourth-order valence-corrected chi connectivity index (χ4v) is 5.85. The highest BCUT2D eigenvalue weighted by Crippen LogP contribution is 2.36. The molecule has 34 heavy (non-hydrogen) atoms. The van der Waals surface area contributed by atoms with Crippen LogP contribution >= 0.6 is 11.8 Å². The molecule has 0 spiro atoms. The molecule has 2 aromatic rings. The second-order valence-electron chi connectivity index (χ2n) is 9.40. The SMILES string of the molecule is Cc1cc(C)c2c(n1)SCCN2C(=O)Nc1ccc(C(=O)NCCCN2CCCC(C)C2)cc1. The molecule has 3 heterocycles. The number of rotatable bonds is 6. The fraction of sp³-hybridized carbons (Fsp3) is 0.500. The summed E-state index contributed by atoms with van der Waals surface area (Å²) in [7, 11) is 0. The molecular weight excluding hydrogens is 446 g/mol. The van der Waals surface area contributed by atoms with Crippen LogP contribution in [0.15, 0.2) is 35.4 Å². The zero-order valence-electron chi connectivity index (χ0n) is 20.4. The number of anilines is 2. The first-order chi connectivity index (χ1) is 16.4. The summed E-state index contributed by atoms with van der Waals surface area (Å²) in [4.78, 5) is 34.4. The highest BCUT2D eigenvalue weighted by atomic mass is 32.2. The van der Waals surface area contributed by atoms with E-state index in [2.05, 4.69) is 27.4 Å². The Morgan fingerprint density at radius 1 is 1.18 bits per heavy atom. The monoisotopic (exact) mass is 481 g/mol. The van der Waals surface area contributed by atoms with Gasteiger partial charge in [0, 0.05) is 42.3 Å². The summed E-state index contributed by atoms with van der Waals surface area (Å²) in [5.41, 5.74) is 4.15. The zero-order valence-corrected chi connectivity index (χ0v) is 21.2. The van der Waals surface area contributed by atoms with Crippen molar-refractivity contribution < 1.29 is 9.59 Å². The number of nitrogens with one attached hydrogen (secondary N) is 2. The number of nitrogens with zero attached hydrogens (tertiary/aromatic N) is 3. The van der Waals surface area contributed by atoms with Gasteiger partial charge in [0.1, 0.15) is 5.03 Å². The molecule has 2 aliphatic rings. The van der Waals surface area contributed by atoms with Gasteiger partial charge in [0.2, 0.25) is 0 Å². The first-order valence-corrected chi connectivity index (χ1v) is 13.2. The smallest absolute Gasteiger partial charge is 0.326 e. The molecule has 1 aromatic carbocycles. The second-order valence-corrected chi connectivity index (χ2v) is 10.5.